The first-order valence-electron chi connectivity index (χ1n) is 9.54. The van der Waals surface area contributed by atoms with E-state index in [-0.39, 0.29) is 18.7 Å². The van der Waals surface area contributed by atoms with Gasteiger partial charge in [-0.05, 0) is 43.7 Å². The summed E-state index contributed by atoms with van der Waals surface area (Å²) in [7, 11) is 0. The van der Waals surface area contributed by atoms with Crippen molar-refractivity contribution in [1.82, 2.24) is 21.5 Å². The van der Waals surface area contributed by atoms with Gasteiger partial charge >= 0.3 is 6.03 Å². The Morgan fingerprint density at radius 1 is 1.00 bits per heavy atom. The Morgan fingerprint density at radius 3 is 2.40 bits per heavy atom. The van der Waals surface area contributed by atoms with E-state index in [1.165, 1.54) is 0 Å². The molecule has 0 saturated carbocycles. The number of urea groups is 1. The van der Waals surface area contributed by atoms with E-state index >= 15 is 0 Å². The molecule has 4 amide bonds. The number of carbonyl (C=O) groups is 3. The molecule has 4 N–H and O–H groups in total. The maximum atomic E-state index is 12.3. The van der Waals surface area contributed by atoms with E-state index in [2.05, 4.69) is 21.5 Å². The minimum atomic E-state index is -0.870. The predicted octanol–water partition coefficient (Wildman–Crippen LogP) is 1.50. The summed E-state index contributed by atoms with van der Waals surface area (Å²) in [4.78, 5) is 36.1. The molecule has 9 nitrogen and oxygen atoms in total. The van der Waals surface area contributed by atoms with Crippen LogP contribution in [0.1, 0.15) is 29.8 Å². The predicted molar refractivity (Wildman–Crippen MR) is 109 cm³/mol. The second-order valence-electron chi connectivity index (χ2n) is 6.99. The van der Waals surface area contributed by atoms with Gasteiger partial charge in [-0.1, -0.05) is 24.3 Å². The van der Waals surface area contributed by atoms with Gasteiger partial charge in [-0.15, -0.1) is 0 Å². The van der Waals surface area contributed by atoms with Crippen molar-refractivity contribution >= 4 is 17.8 Å². The summed E-state index contributed by atoms with van der Waals surface area (Å²) < 4.78 is 11.1. The molecule has 0 spiro atoms. The molecule has 1 aliphatic heterocycles. The number of benzene rings is 2. The van der Waals surface area contributed by atoms with E-state index < -0.39 is 17.9 Å². The monoisotopic (exact) mass is 412 g/mol. The fraction of sp³-hybridized carbons (Fsp3) is 0.286. The fourth-order valence-corrected chi connectivity index (χ4v) is 2.69. The van der Waals surface area contributed by atoms with Crippen molar-refractivity contribution in [3.05, 3.63) is 59.7 Å². The fourth-order valence-electron chi connectivity index (χ4n) is 2.69. The molecule has 0 fully saturated rings. The van der Waals surface area contributed by atoms with Gasteiger partial charge in [-0.3, -0.25) is 20.4 Å². The van der Waals surface area contributed by atoms with Gasteiger partial charge in [0.05, 0.1) is 0 Å². The number of hydrazine groups is 1. The van der Waals surface area contributed by atoms with Crippen molar-refractivity contribution in [3.8, 4) is 11.5 Å². The van der Waals surface area contributed by atoms with Crippen LogP contribution < -0.4 is 31.0 Å². The summed E-state index contributed by atoms with van der Waals surface area (Å²) >= 11 is 0. The van der Waals surface area contributed by atoms with Crippen LogP contribution in [0.25, 0.3) is 0 Å². The van der Waals surface area contributed by atoms with E-state index in [1.54, 1.807) is 42.5 Å². The van der Waals surface area contributed by atoms with Crippen LogP contribution in [0.3, 0.4) is 0 Å². The SMILES string of the molecule is CC(C)NC(=O)NCc1ccc(C(=O)NNC(=O)[C@H]2COc3ccccc3O2)cc1. The Hall–Kier alpha value is -3.75. The summed E-state index contributed by atoms with van der Waals surface area (Å²) in [6.45, 7) is 4.12. The van der Waals surface area contributed by atoms with Crippen LogP contribution in [-0.4, -0.2) is 36.6 Å². The van der Waals surface area contributed by atoms with Gasteiger partial charge in [0.15, 0.2) is 11.5 Å². The van der Waals surface area contributed by atoms with Crippen molar-refractivity contribution in [3.63, 3.8) is 0 Å². The molecule has 2 aromatic rings. The van der Waals surface area contributed by atoms with Gasteiger partial charge in [0.25, 0.3) is 11.8 Å². The molecule has 0 radical (unpaired) electrons. The molecule has 3 rings (SSSR count). The van der Waals surface area contributed by atoms with Crippen molar-refractivity contribution in [1.29, 1.82) is 0 Å². The molecule has 2 aromatic carbocycles. The van der Waals surface area contributed by atoms with Crippen LogP contribution in [0.2, 0.25) is 0 Å². The van der Waals surface area contributed by atoms with Crippen LogP contribution in [0.5, 0.6) is 11.5 Å². The van der Waals surface area contributed by atoms with Gasteiger partial charge in [-0.2, -0.15) is 0 Å². The maximum Gasteiger partial charge on any atom is 0.315 e. The summed E-state index contributed by atoms with van der Waals surface area (Å²) in [6, 6.07) is 13.5. The first-order valence-corrected chi connectivity index (χ1v) is 9.54. The molecule has 0 bridgehead atoms. The normalized spacial score (nSPS) is 14.6. The van der Waals surface area contributed by atoms with Gasteiger partial charge in [0.2, 0.25) is 6.10 Å². The third kappa shape index (κ3) is 5.63. The molecule has 1 aliphatic rings. The zero-order valence-electron chi connectivity index (χ0n) is 16.7. The average molecular weight is 412 g/mol. The van der Waals surface area contributed by atoms with E-state index in [0.717, 1.165) is 5.56 Å². The number of rotatable bonds is 5. The van der Waals surface area contributed by atoms with E-state index in [0.29, 0.717) is 23.6 Å². The number of hydrogen-bond donors (Lipinski definition) is 4. The number of ether oxygens (including phenoxy) is 2. The topological polar surface area (TPSA) is 118 Å². The van der Waals surface area contributed by atoms with Crippen LogP contribution >= 0.6 is 0 Å². The Balaban J connectivity index is 1.46. The summed E-state index contributed by atoms with van der Waals surface area (Å²) in [5.41, 5.74) is 5.90. The van der Waals surface area contributed by atoms with Crippen LogP contribution in [-0.2, 0) is 11.3 Å². The molecule has 0 saturated heterocycles. The van der Waals surface area contributed by atoms with Gasteiger partial charge in [0, 0.05) is 18.2 Å². The van der Waals surface area contributed by atoms with E-state index in [4.69, 9.17) is 9.47 Å². The molecular formula is C21H24N4O5. The Bertz CT molecular complexity index is 914. The molecule has 30 heavy (non-hydrogen) atoms. The van der Waals surface area contributed by atoms with Crippen LogP contribution in [0, 0.1) is 0 Å². The summed E-state index contributed by atoms with van der Waals surface area (Å²) in [5.74, 6) is 0.0516. The highest BCUT2D eigenvalue weighted by Crippen LogP contribution is 2.30. The molecule has 158 valence electrons. The standard InChI is InChI=1S/C21H24N4O5/c1-13(2)23-21(28)22-11-14-7-9-15(10-8-14)19(26)24-25-20(27)18-12-29-16-5-3-4-6-17(16)30-18/h3-10,13,18H,11-12H2,1-2H3,(H,24,26)(H,25,27)(H2,22,23,28)/t18-/m1/s1. The highest BCUT2D eigenvalue weighted by molar-refractivity contribution is 5.95. The minimum Gasteiger partial charge on any atom is -0.485 e. The van der Waals surface area contributed by atoms with E-state index in [1.807, 2.05) is 19.9 Å². The van der Waals surface area contributed by atoms with Crippen molar-refractivity contribution in [2.45, 2.75) is 32.5 Å². The zero-order valence-corrected chi connectivity index (χ0v) is 16.7. The quantitative estimate of drug-likeness (QED) is 0.555. The molecule has 9 heteroatoms. The van der Waals surface area contributed by atoms with Gasteiger partial charge < -0.3 is 20.1 Å². The van der Waals surface area contributed by atoms with Crippen molar-refractivity contribution in [2.24, 2.45) is 0 Å². The lowest BCUT2D eigenvalue weighted by Crippen LogP contribution is -2.50. The molecule has 0 unspecified atom stereocenters. The largest absolute Gasteiger partial charge is 0.485 e. The number of nitrogens with one attached hydrogen (secondary N) is 4. The first kappa shape index (κ1) is 21.0. The number of hydrogen-bond acceptors (Lipinski definition) is 5. The minimum absolute atomic E-state index is 0.0464. The number of para-hydroxylation sites is 2. The molecule has 0 aromatic heterocycles. The third-order valence-electron chi connectivity index (χ3n) is 4.19. The lowest BCUT2D eigenvalue weighted by atomic mass is 10.1. The van der Waals surface area contributed by atoms with E-state index in [9.17, 15) is 14.4 Å². The zero-order chi connectivity index (χ0) is 21.5. The van der Waals surface area contributed by atoms with Gasteiger partial charge in [-0.25, -0.2) is 4.79 Å². The second-order valence-corrected chi connectivity index (χ2v) is 6.99. The Labute approximate surface area is 174 Å². The molecule has 1 heterocycles. The smallest absolute Gasteiger partial charge is 0.315 e. The van der Waals surface area contributed by atoms with Gasteiger partial charge in [0.1, 0.15) is 6.61 Å². The maximum absolute atomic E-state index is 12.3. The number of fused-ring (bicyclic) bond motifs is 1. The second kappa shape index (κ2) is 9.64. The lowest BCUT2D eigenvalue weighted by Gasteiger charge is -2.25. The van der Waals surface area contributed by atoms with Crippen molar-refractivity contribution in [2.75, 3.05) is 6.61 Å². The summed E-state index contributed by atoms with van der Waals surface area (Å²) in [6.07, 6.45) is -0.870. The number of carbonyl (C=O) groups excluding carboxylic acids is 3. The first-order chi connectivity index (χ1) is 14.4. The third-order valence-corrected chi connectivity index (χ3v) is 4.19. The van der Waals surface area contributed by atoms with Crippen molar-refractivity contribution < 1.29 is 23.9 Å². The number of amides is 4. The molecule has 0 aliphatic carbocycles. The molecule has 1 atom stereocenters. The average Bonchev–Trinajstić information content (AvgIpc) is 2.75. The highest BCUT2D eigenvalue weighted by Gasteiger charge is 2.27. The summed E-state index contributed by atoms with van der Waals surface area (Å²) in [5, 5.41) is 5.46. The lowest BCUT2D eigenvalue weighted by molar-refractivity contribution is -0.131. The van der Waals surface area contributed by atoms with Crippen LogP contribution in [0.15, 0.2) is 48.5 Å². The van der Waals surface area contributed by atoms with Crippen LogP contribution in [0.4, 0.5) is 4.79 Å². The Morgan fingerprint density at radius 2 is 1.70 bits per heavy atom. The Kier molecular flexibility index (Phi) is 6.74. The highest BCUT2D eigenvalue weighted by atomic mass is 16.6. The molecular weight excluding hydrogens is 388 g/mol.